The molecule has 2 atom stereocenters. The van der Waals surface area contributed by atoms with Gasteiger partial charge in [0.25, 0.3) is 0 Å². The maximum Gasteiger partial charge on any atom is 0.119 e. The molecule has 0 amide bonds. The third-order valence-electron chi connectivity index (χ3n) is 4.03. The summed E-state index contributed by atoms with van der Waals surface area (Å²) in [6, 6.07) is 6.60. The molecule has 3 nitrogen and oxygen atoms in total. The van der Waals surface area contributed by atoms with Crippen molar-refractivity contribution in [1.29, 1.82) is 0 Å². The van der Waals surface area contributed by atoms with Gasteiger partial charge in [-0.1, -0.05) is 13.0 Å². The largest absolute Gasteiger partial charge is 0.492 e. The van der Waals surface area contributed by atoms with E-state index < -0.39 is 0 Å². The molecule has 1 aliphatic heterocycles. The minimum atomic E-state index is 0.255. The second-order valence-electron chi connectivity index (χ2n) is 5.72. The van der Waals surface area contributed by atoms with Crippen LogP contribution in [0.1, 0.15) is 24.5 Å². The number of aliphatic hydroxyl groups is 1. The van der Waals surface area contributed by atoms with Crippen molar-refractivity contribution in [3.05, 3.63) is 29.3 Å². The van der Waals surface area contributed by atoms with E-state index in [9.17, 15) is 5.11 Å². The van der Waals surface area contributed by atoms with Gasteiger partial charge in [-0.2, -0.15) is 0 Å². The zero-order chi connectivity index (χ0) is 13.8. The molecule has 0 aromatic heterocycles. The average molecular weight is 263 g/mol. The smallest absolute Gasteiger partial charge is 0.119 e. The molecule has 1 N–H and O–H groups in total. The zero-order valence-electron chi connectivity index (χ0n) is 12.2. The van der Waals surface area contributed by atoms with E-state index in [0.29, 0.717) is 18.6 Å². The van der Waals surface area contributed by atoms with E-state index in [1.54, 1.807) is 0 Å². The van der Waals surface area contributed by atoms with E-state index in [2.05, 4.69) is 43.9 Å². The van der Waals surface area contributed by atoms with Gasteiger partial charge >= 0.3 is 0 Å². The average Bonchev–Trinajstić information content (AvgIpc) is 2.69. The van der Waals surface area contributed by atoms with Crippen molar-refractivity contribution in [3.63, 3.8) is 0 Å². The lowest BCUT2D eigenvalue weighted by molar-refractivity contribution is 0.123. The van der Waals surface area contributed by atoms with Crippen LogP contribution < -0.4 is 4.74 Å². The number of hydrogen-bond donors (Lipinski definition) is 1. The molecule has 1 aliphatic rings. The van der Waals surface area contributed by atoms with E-state index in [-0.39, 0.29) is 6.61 Å². The monoisotopic (exact) mass is 263 g/mol. The molecule has 1 aromatic rings. The molecule has 0 spiro atoms. The van der Waals surface area contributed by atoms with Crippen molar-refractivity contribution in [2.45, 2.75) is 33.2 Å². The maximum absolute atomic E-state index is 9.41. The summed E-state index contributed by atoms with van der Waals surface area (Å²) in [5.41, 5.74) is 2.47. The first-order valence-corrected chi connectivity index (χ1v) is 7.16. The van der Waals surface area contributed by atoms with Crippen LogP contribution in [0.15, 0.2) is 18.2 Å². The van der Waals surface area contributed by atoms with Gasteiger partial charge in [0.15, 0.2) is 0 Å². The Balaban J connectivity index is 1.83. The molecule has 3 heteroatoms. The second kappa shape index (κ2) is 6.40. The number of ether oxygens (including phenoxy) is 1. The second-order valence-corrected chi connectivity index (χ2v) is 5.72. The van der Waals surface area contributed by atoms with Gasteiger partial charge in [0, 0.05) is 12.6 Å². The van der Waals surface area contributed by atoms with Crippen LogP contribution in [-0.2, 0) is 0 Å². The summed E-state index contributed by atoms with van der Waals surface area (Å²) in [5.74, 6) is 1.54. The first-order valence-electron chi connectivity index (χ1n) is 7.16. The zero-order valence-corrected chi connectivity index (χ0v) is 12.2. The fourth-order valence-electron chi connectivity index (χ4n) is 2.96. The van der Waals surface area contributed by atoms with E-state index in [0.717, 1.165) is 18.8 Å². The lowest BCUT2D eigenvalue weighted by Gasteiger charge is -2.24. The number of rotatable bonds is 5. The number of likely N-dealkylation sites (tertiary alicyclic amines) is 1. The Morgan fingerprint density at radius 2 is 1.95 bits per heavy atom. The molecule has 2 unspecified atom stereocenters. The van der Waals surface area contributed by atoms with E-state index in [1.807, 2.05) is 0 Å². The predicted molar refractivity (Wildman–Crippen MR) is 77.6 cm³/mol. The summed E-state index contributed by atoms with van der Waals surface area (Å²) in [7, 11) is 0. The standard InChI is InChI=1S/C16H25NO2/c1-12-8-13(2)10-15(9-12)19-7-6-17-5-4-14(3)16(17)11-18/h8-10,14,16,18H,4-7,11H2,1-3H3. The minimum absolute atomic E-state index is 0.255. The number of hydrogen-bond acceptors (Lipinski definition) is 3. The van der Waals surface area contributed by atoms with Crippen molar-refractivity contribution in [2.75, 3.05) is 26.3 Å². The lowest BCUT2D eigenvalue weighted by atomic mass is 10.0. The van der Waals surface area contributed by atoms with Crippen LogP contribution in [0.25, 0.3) is 0 Å². The molecule has 2 rings (SSSR count). The topological polar surface area (TPSA) is 32.7 Å². The molecular weight excluding hydrogens is 238 g/mol. The highest BCUT2D eigenvalue weighted by Crippen LogP contribution is 2.23. The Morgan fingerprint density at radius 1 is 1.26 bits per heavy atom. The Morgan fingerprint density at radius 3 is 2.58 bits per heavy atom. The molecule has 1 heterocycles. The van der Waals surface area contributed by atoms with Crippen molar-refractivity contribution < 1.29 is 9.84 Å². The third kappa shape index (κ3) is 3.71. The van der Waals surface area contributed by atoms with Crippen molar-refractivity contribution in [3.8, 4) is 5.75 Å². The van der Waals surface area contributed by atoms with Gasteiger partial charge in [0.05, 0.1) is 6.61 Å². The molecule has 106 valence electrons. The summed E-state index contributed by atoms with van der Waals surface area (Å²) in [6.45, 7) is 9.29. The van der Waals surface area contributed by atoms with Crippen LogP contribution in [0.3, 0.4) is 0 Å². The van der Waals surface area contributed by atoms with Gasteiger partial charge < -0.3 is 9.84 Å². The van der Waals surface area contributed by atoms with Crippen LogP contribution in [0.4, 0.5) is 0 Å². The molecular formula is C16H25NO2. The first-order chi connectivity index (χ1) is 9.10. The van der Waals surface area contributed by atoms with Gasteiger partial charge in [0.2, 0.25) is 0 Å². The highest BCUT2D eigenvalue weighted by molar-refractivity contribution is 5.32. The third-order valence-corrected chi connectivity index (χ3v) is 4.03. The lowest BCUT2D eigenvalue weighted by Crippen LogP contribution is -2.37. The molecule has 0 aliphatic carbocycles. The van der Waals surface area contributed by atoms with Gasteiger partial charge in [-0.05, 0) is 56.0 Å². The van der Waals surface area contributed by atoms with Crippen molar-refractivity contribution in [1.82, 2.24) is 4.90 Å². The van der Waals surface area contributed by atoms with Crippen molar-refractivity contribution in [2.24, 2.45) is 5.92 Å². The fourth-order valence-corrected chi connectivity index (χ4v) is 2.96. The summed E-state index contributed by atoms with van der Waals surface area (Å²) in [4.78, 5) is 2.34. The van der Waals surface area contributed by atoms with E-state index in [1.165, 1.54) is 17.5 Å². The molecule has 1 saturated heterocycles. The predicted octanol–water partition coefficient (Wildman–Crippen LogP) is 2.38. The molecule has 1 aromatic carbocycles. The van der Waals surface area contributed by atoms with Gasteiger partial charge in [-0.25, -0.2) is 0 Å². The van der Waals surface area contributed by atoms with Gasteiger partial charge in [0.1, 0.15) is 12.4 Å². The van der Waals surface area contributed by atoms with Crippen molar-refractivity contribution >= 4 is 0 Å². The van der Waals surface area contributed by atoms with Gasteiger partial charge in [-0.3, -0.25) is 4.90 Å². The summed E-state index contributed by atoms with van der Waals surface area (Å²) in [6.07, 6.45) is 1.18. The highest BCUT2D eigenvalue weighted by atomic mass is 16.5. The Kier molecular flexibility index (Phi) is 4.83. The quantitative estimate of drug-likeness (QED) is 0.885. The summed E-state index contributed by atoms with van der Waals surface area (Å²) < 4.78 is 5.83. The number of aryl methyl sites for hydroxylation is 2. The number of nitrogens with zero attached hydrogens (tertiary/aromatic N) is 1. The van der Waals surface area contributed by atoms with Crippen LogP contribution >= 0.6 is 0 Å². The molecule has 0 radical (unpaired) electrons. The van der Waals surface area contributed by atoms with Crippen LogP contribution in [-0.4, -0.2) is 42.4 Å². The molecule has 0 bridgehead atoms. The molecule has 1 fully saturated rings. The summed E-state index contributed by atoms with van der Waals surface area (Å²) >= 11 is 0. The summed E-state index contributed by atoms with van der Waals surface area (Å²) in [5, 5.41) is 9.41. The first kappa shape index (κ1) is 14.4. The van der Waals surface area contributed by atoms with E-state index >= 15 is 0 Å². The van der Waals surface area contributed by atoms with Crippen LogP contribution in [0.2, 0.25) is 0 Å². The Labute approximate surface area is 116 Å². The molecule has 0 saturated carbocycles. The SMILES string of the molecule is Cc1cc(C)cc(OCCN2CCC(C)C2CO)c1. The molecule has 19 heavy (non-hydrogen) atoms. The Bertz CT molecular complexity index is 399. The number of aliphatic hydroxyl groups excluding tert-OH is 1. The minimum Gasteiger partial charge on any atom is -0.492 e. The number of benzene rings is 1. The highest BCUT2D eigenvalue weighted by Gasteiger charge is 2.29. The van der Waals surface area contributed by atoms with E-state index in [4.69, 9.17) is 4.74 Å². The maximum atomic E-state index is 9.41. The Hall–Kier alpha value is -1.06. The van der Waals surface area contributed by atoms with Gasteiger partial charge in [-0.15, -0.1) is 0 Å². The fraction of sp³-hybridized carbons (Fsp3) is 0.625. The van der Waals surface area contributed by atoms with Crippen LogP contribution in [0.5, 0.6) is 5.75 Å². The normalized spacial score (nSPS) is 23.8. The van der Waals surface area contributed by atoms with Crippen LogP contribution in [0, 0.1) is 19.8 Å².